The van der Waals surface area contributed by atoms with Crippen molar-refractivity contribution < 1.29 is 9.21 Å². The number of amides is 1. The number of hydrogen-bond donors (Lipinski definition) is 1. The third-order valence-corrected chi connectivity index (χ3v) is 5.65. The first-order chi connectivity index (χ1) is 14.0. The Hall–Kier alpha value is -2.44. The van der Waals surface area contributed by atoms with Crippen LogP contribution >= 0.6 is 23.4 Å². The van der Waals surface area contributed by atoms with Crippen LogP contribution in [0.3, 0.4) is 0 Å². The molecule has 152 valence electrons. The van der Waals surface area contributed by atoms with E-state index in [4.69, 9.17) is 16.0 Å². The highest BCUT2D eigenvalue weighted by Crippen LogP contribution is 2.27. The van der Waals surface area contributed by atoms with Crippen LogP contribution in [0.2, 0.25) is 5.02 Å². The first-order valence-electron chi connectivity index (χ1n) is 9.50. The van der Waals surface area contributed by atoms with Crippen molar-refractivity contribution in [3.8, 4) is 11.3 Å². The summed E-state index contributed by atoms with van der Waals surface area (Å²) in [5, 5.41) is 4.09. The van der Waals surface area contributed by atoms with Crippen LogP contribution in [0.5, 0.6) is 0 Å². The van der Waals surface area contributed by atoms with Gasteiger partial charge >= 0.3 is 0 Å². The zero-order valence-electron chi connectivity index (χ0n) is 16.7. The second-order valence-electron chi connectivity index (χ2n) is 6.51. The molecule has 3 aromatic rings. The zero-order valence-corrected chi connectivity index (χ0v) is 18.3. The summed E-state index contributed by atoms with van der Waals surface area (Å²) in [4.78, 5) is 18.9. The highest BCUT2D eigenvalue weighted by Gasteiger charge is 2.12. The Balaban J connectivity index is 1.57. The number of hydrogen-bond acceptors (Lipinski definition) is 5. The van der Waals surface area contributed by atoms with Crippen molar-refractivity contribution in [2.75, 3.05) is 29.1 Å². The molecule has 1 amide bonds. The largest absolute Gasteiger partial charge is 0.431 e. The van der Waals surface area contributed by atoms with E-state index in [0.717, 1.165) is 35.6 Å². The van der Waals surface area contributed by atoms with Gasteiger partial charge in [0.05, 0.1) is 11.9 Å². The van der Waals surface area contributed by atoms with Crippen LogP contribution in [0, 0.1) is 6.92 Å². The summed E-state index contributed by atoms with van der Waals surface area (Å²) in [6.07, 6.45) is 1.65. The van der Waals surface area contributed by atoms with Gasteiger partial charge in [-0.25, -0.2) is 4.98 Å². The fourth-order valence-electron chi connectivity index (χ4n) is 2.96. The number of aromatic nitrogens is 1. The Bertz CT molecular complexity index is 968. The Morgan fingerprint density at radius 2 is 1.90 bits per heavy atom. The molecule has 0 fully saturated rings. The van der Waals surface area contributed by atoms with Gasteiger partial charge in [-0.15, -0.1) is 0 Å². The molecule has 5 nitrogen and oxygen atoms in total. The second-order valence-corrected chi connectivity index (χ2v) is 7.87. The number of thioether (sulfide) groups is 1. The maximum absolute atomic E-state index is 12.4. The van der Waals surface area contributed by atoms with Gasteiger partial charge in [0.15, 0.2) is 5.76 Å². The number of nitrogens with one attached hydrogen (secondary N) is 1. The number of carbonyl (C=O) groups is 1. The summed E-state index contributed by atoms with van der Waals surface area (Å²) < 4.78 is 5.72. The quantitative estimate of drug-likeness (QED) is 0.453. The third kappa shape index (κ3) is 5.55. The minimum atomic E-state index is -0.0973. The summed E-state index contributed by atoms with van der Waals surface area (Å²) in [6.45, 7) is 8.17. The first kappa shape index (κ1) is 21.3. The van der Waals surface area contributed by atoms with Crippen molar-refractivity contribution in [1.29, 1.82) is 0 Å². The van der Waals surface area contributed by atoms with Gasteiger partial charge in [0, 0.05) is 35.1 Å². The van der Waals surface area contributed by atoms with Gasteiger partial charge in [-0.2, -0.15) is 0 Å². The van der Waals surface area contributed by atoms with Crippen LogP contribution in [-0.4, -0.2) is 29.7 Å². The highest BCUT2D eigenvalue weighted by molar-refractivity contribution is 7.99. The maximum Gasteiger partial charge on any atom is 0.256 e. The molecular formula is C22H24ClN3O2S. The first-order valence-corrected chi connectivity index (χ1v) is 10.9. The summed E-state index contributed by atoms with van der Waals surface area (Å²) in [6, 6.07) is 13.4. The normalized spacial score (nSPS) is 10.8. The predicted octanol–water partition coefficient (Wildman–Crippen LogP) is 5.88. The fraction of sp³-hybridized carbons (Fsp3) is 0.273. The van der Waals surface area contributed by atoms with E-state index in [-0.39, 0.29) is 11.7 Å². The summed E-state index contributed by atoms with van der Waals surface area (Å²) >= 11 is 7.17. The molecule has 0 spiro atoms. The van der Waals surface area contributed by atoms with Gasteiger partial charge in [-0.05, 0) is 68.8 Å². The van der Waals surface area contributed by atoms with Gasteiger partial charge < -0.3 is 14.6 Å². The Labute approximate surface area is 180 Å². The van der Waals surface area contributed by atoms with Crippen LogP contribution < -0.4 is 10.2 Å². The molecule has 0 saturated heterocycles. The number of nitrogens with zero attached hydrogens (tertiary/aromatic N) is 2. The predicted molar refractivity (Wildman–Crippen MR) is 121 cm³/mol. The van der Waals surface area contributed by atoms with Crippen LogP contribution in [-0.2, 0) is 4.79 Å². The molecule has 1 N–H and O–H groups in total. The number of halogens is 1. The lowest BCUT2D eigenvalue weighted by molar-refractivity contribution is -0.113. The molecule has 0 radical (unpaired) electrons. The number of anilines is 2. The summed E-state index contributed by atoms with van der Waals surface area (Å²) in [7, 11) is 0. The van der Waals surface area contributed by atoms with E-state index in [2.05, 4.69) is 35.1 Å². The molecule has 0 bridgehead atoms. The van der Waals surface area contributed by atoms with E-state index < -0.39 is 0 Å². The molecule has 3 rings (SSSR count). The Morgan fingerprint density at radius 3 is 2.55 bits per heavy atom. The van der Waals surface area contributed by atoms with Crippen LogP contribution in [0.15, 0.2) is 58.3 Å². The molecule has 29 heavy (non-hydrogen) atoms. The fourth-order valence-corrected chi connectivity index (χ4v) is 3.69. The van der Waals surface area contributed by atoms with Crippen molar-refractivity contribution in [1.82, 2.24) is 4.98 Å². The van der Waals surface area contributed by atoms with E-state index in [0.29, 0.717) is 16.0 Å². The average Bonchev–Trinajstić information content (AvgIpc) is 3.19. The lowest BCUT2D eigenvalue weighted by Gasteiger charge is -2.22. The highest BCUT2D eigenvalue weighted by atomic mass is 35.5. The zero-order chi connectivity index (χ0) is 20.8. The Morgan fingerprint density at radius 1 is 1.17 bits per heavy atom. The number of benzene rings is 2. The molecule has 0 aliphatic heterocycles. The smallest absolute Gasteiger partial charge is 0.256 e. The van der Waals surface area contributed by atoms with Crippen molar-refractivity contribution >= 4 is 40.6 Å². The molecule has 0 saturated carbocycles. The van der Waals surface area contributed by atoms with Gasteiger partial charge in [-0.1, -0.05) is 23.4 Å². The average molecular weight is 430 g/mol. The molecule has 0 aliphatic rings. The third-order valence-electron chi connectivity index (χ3n) is 4.55. The van der Waals surface area contributed by atoms with Gasteiger partial charge in [0.25, 0.3) is 5.22 Å². The minimum Gasteiger partial charge on any atom is -0.431 e. The molecule has 0 atom stereocenters. The van der Waals surface area contributed by atoms with Crippen molar-refractivity contribution in [3.63, 3.8) is 0 Å². The van der Waals surface area contributed by atoms with Crippen molar-refractivity contribution in [2.45, 2.75) is 26.0 Å². The Kier molecular flexibility index (Phi) is 7.23. The molecule has 1 aromatic heterocycles. The van der Waals surface area contributed by atoms with Crippen LogP contribution in [0.1, 0.15) is 19.4 Å². The maximum atomic E-state index is 12.4. The van der Waals surface area contributed by atoms with E-state index in [9.17, 15) is 4.79 Å². The lowest BCUT2D eigenvalue weighted by Crippen LogP contribution is -2.22. The van der Waals surface area contributed by atoms with Crippen LogP contribution in [0.4, 0.5) is 11.4 Å². The molecule has 0 unspecified atom stereocenters. The topological polar surface area (TPSA) is 58.4 Å². The summed E-state index contributed by atoms with van der Waals surface area (Å²) in [5.74, 6) is 0.769. The van der Waals surface area contributed by atoms with E-state index in [1.54, 1.807) is 18.3 Å². The van der Waals surface area contributed by atoms with Crippen LogP contribution in [0.25, 0.3) is 11.3 Å². The van der Waals surface area contributed by atoms with E-state index in [1.165, 1.54) is 11.8 Å². The monoisotopic (exact) mass is 429 g/mol. The minimum absolute atomic E-state index is 0.0973. The number of rotatable bonds is 8. The number of carbonyl (C=O) groups excluding carboxylic acids is 1. The molecular weight excluding hydrogens is 406 g/mol. The van der Waals surface area contributed by atoms with Gasteiger partial charge in [-0.3, -0.25) is 4.79 Å². The van der Waals surface area contributed by atoms with Crippen molar-refractivity contribution in [2.24, 2.45) is 0 Å². The molecule has 0 aliphatic carbocycles. The van der Waals surface area contributed by atoms with E-state index >= 15 is 0 Å². The van der Waals surface area contributed by atoms with Crippen molar-refractivity contribution in [3.05, 3.63) is 59.2 Å². The standard InChI is InChI=1S/C22H24ClN3O2S/c1-4-26(5-2)18-10-11-19(15(3)12-18)25-21(27)14-29-22-24-13-20(28-22)16-6-8-17(23)9-7-16/h6-13H,4-5,14H2,1-3H3,(H,25,27). The lowest BCUT2D eigenvalue weighted by atomic mass is 10.1. The number of aryl methyl sites for hydroxylation is 1. The van der Waals surface area contributed by atoms with E-state index in [1.807, 2.05) is 31.2 Å². The summed E-state index contributed by atoms with van der Waals surface area (Å²) in [5.41, 5.74) is 3.91. The molecule has 7 heteroatoms. The SMILES string of the molecule is CCN(CC)c1ccc(NC(=O)CSc2ncc(-c3ccc(Cl)cc3)o2)c(C)c1. The van der Waals surface area contributed by atoms with Gasteiger partial charge in [0.1, 0.15) is 0 Å². The number of oxazole rings is 1. The van der Waals surface area contributed by atoms with Gasteiger partial charge in [0.2, 0.25) is 5.91 Å². The molecule has 1 heterocycles. The second kappa shape index (κ2) is 9.85. The molecule has 2 aromatic carbocycles.